The van der Waals surface area contributed by atoms with Gasteiger partial charge in [-0.1, -0.05) is 67.8 Å². The zero-order valence-corrected chi connectivity index (χ0v) is 26.3. The molecular weight excluding hydrogens is 589 g/mol. The number of halogens is 1. The van der Waals surface area contributed by atoms with Crippen LogP contribution >= 0.6 is 11.5 Å². The van der Waals surface area contributed by atoms with Gasteiger partial charge in [-0.3, -0.25) is 19.3 Å². The molecule has 234 valence electrons. The highest BCUT2D eigenvalue weighted by molar-refractivity contribution is 7.09. The zero-order valence-electron chi connectivity index (χ0n) is 25.5. The lowest BCUT2D eigenvalue weighted by molar-refractivity contribution is -0.122. The van der Waals surface area contributed by atoms with Gasteiger partial charge in [0.15, 0.2) is 5.69 Å². The number of amides is 3. The summed E-state index contributed by atoms with van der Waals surface area (Å²) in [6.07, 6.45) is 5.60. The van der Waals surface area contributed by atoms with E-state index in [-0.39, 0.29) is 22.3 Å². The first-order valence-corrected chi connectivity index (χ1v) is 16.0. The summed E-state index contributed by atoms with van der Waals surface area (Å²) < 4.78 is 18.3. The third-order valence-electron chi connectivity index (χ3n) is 8.31. The number of hydrogen-bond acceptors (Lipinski definition) is 6. The van der Waals surface area contributed by atoms with Gasteiger partial charge in [0.1, 0.15) is 16.7 Å². The first-order chi connectivity index (χ1) is 21.7. The maximum atomic E-state index is 14.5. The molecule has 10 heteroatoms. The summed E-state index contributed by atoms with van der Waals surface area (Å²) in [5.41, 5.74) is 10.3. The van der Waals surface area contributed by atoms with Crippen molar-refractivity contribution in [3.05, 3.63) is 111 Å². The molecule has 1 aliphatic carbocycles. The predicted molar refractivity (Wildman–Crippen MR) is 176 cm³/mol. The molecule has 1 aliphatic rings. The average Bonchev–Trinajstić information content (AvgIpc) is 3.43. The molecule has 0 bridgehead atoms. The number of aromatic nitrogens is 1. The van der Waals surface area contributed by atoms with Crippen molar-refractivity contribution in [2.75, 3.05) is 17.2 Å². The molecule has 8 nitrogen and oxygen atoms in total. The molecule has 45 heavy (non-hydrogen) atoms. The number of nitrogens with two attached hydrogens (primary N) is 1. The van der Waals surface area contributed by atoms with E-state index >= 15 is 0 Å². The van der Waals surface area contributed by atoms with Crippen LogP contribution in [0.25, 0.3) is 0 Å². The smallest absolute Gasteiger partial charge is 0.273 e. The van der Waals surface area contributed by atoms with Crippen LogP contribution in [0.15, 0.2) is 72.8 Å². The number of nitrogen functional groups attached to an aromatic ring is 1. The lowest BCUT2D eigenvalue weighted by Gasteiger charge is -2.31. The van der Waals surface area contributed by atoms with E-state index in [9.17, 15) is 18.8 Å². The minimum Gasteiger partial charge on any atom is -0.395 e. The maximum absolute atomic E-state index is 14.5. The third-order valence-corrected chi connectivity index (χ3v) is 9.16. The molecule has 5 rings (SSSR count). The van der Waals surface area contributed by atoms with Crippen molar-refractivity contribution in [3.8, 4) is 0 Å². The van der Waals surface area contributed by atoms with Gasteiger partial charge in [0.2, 0.25) is 5.91 Å². The van der Waals surface area contributed by atoms with Gasteiger partial charge in [-0.05, 0) is 91.2 Å². The number of hydrogen-bond donors (Lipinski definition) is 3. The van der Waals surface area contributed by atoms with Gasteiger partial charge < -0.3 is 16.4 Å². The molecule has 0 spiro atoms. The molecular formula is C35H38FN5O3S. The minimum absolute atomic E-state index is 0.000366. The van der Waals surface area contributed by atoms with E-state index < -0.39 is 29.6 Å². The second kappa shape index (κ2) is 14.5. The Morgan fingerprint density at radius 2 is 1.69 bits per heavy atom. The molecule has 1 saturated carbocycles. The van der Waals surface area contributed by atoms with Crippen LogP contribution in [-0.2, 0) is 11.2 Å². The molecule has 1 unspecified atom stereocenters. The molecule has 1 aromatic heterocycles. The number of nitrogens with one attached hydrogen (secondary N) is 2. The third kappa shape index (κ3) is 7.57. The van der Waals surface area contributed by atoms with Gasteiger partial charge in [-0.25, -0.2) is 4.39 Å². The molecule has 1 atom stereocenters. The van der Waals surface area contributed by atoms with E-state index in [4.69, 9.17) is 5.73 Å². The number of anilines is 2. The fraction of sp³-hybridized carbons (Fsp3) is 0.314. The van der Waals surface area contributed by atoms with Crippen molar-refractivity contribution in [3.63, 3.8) is 0 Å². The van der Waals surface area contributed by atoms with E-state index in [1.807, 2.05) is 56.3 Å². The largest absolute Gasteiger partial charge is 0.395 e. The summed E-state index contributed by atoms with van der Waals surface area (Å²) in [5.74, 6) is -1.91. The van der Waals surface area contributed by atoms with E-state index in [1.54, 1.807) is 6.07 Å². The summed E-state index contributed by atoms with van der Waals surface area (Å²) in [5, 5.41) is 5.99. The molecule has 0 aliphatic heterocycles. The Bertz CT molecular complexity index is 1650. The summed E-state index contributed by atoms with van der Waals surface area (Å²) in [6.45, 7) is 4.20. The van der Waals surface area contributed by atoms with Gasteiger partial charge in [0.05, 0.1) is 5.69 Å². The molecule has 0 saturated heterocycles. The van der Waals surface area contributed by atoms with Crippen molar-refractivity contribution >= 4 is 40.6 Å². The first-order valence-electron chi connectivity index (χ1n) is 15.3. The highest BCUT2D eigenvalue weighted by Crippen LogP contribution is 2.34. The van der Waals surface area contributed by atoms with E-state index in [1.165, 1.54) is 29.2 Å². The number of aryl methyl sites for hydroxylation is 2. The summed E-state index contributed by atoms with van der Waals surface area (Å²) in [7, 11) is 0. The van der Waals surface area contributed by atoms with Crippen LogP contribution in [0.3, 0.4) is 0 Å². The van der Waals surface area contributed by atoms with Gasteiger partial charge in [0, 0.05) is 18.3 Å². The Labute approximate surface area is 267 Å². The standard InChI is InChI=1S/C35H38FN5O3S/c1-22-13-18-28(21-23(22)2)41(35(44)32-29(37)30(40-45-32)33(42)39-27-11-7-4-8-12-27)31(25-14-16-26(36)17-15-25)34(43)38-20-19-24-9-5-3-6-10-24/h3,5-6,9-10,13-18,21,27,31H,4,7-8,11-12,19-20,37H2,1-2H3,(H,38,43)(H,39,42). The fourth-order valence-corrected chi connectivity index (χ4v) is 6.35. The SMILES string of the molecule is Cc1ccc(N(C(=O)c2snc(C(=O)NC3CCCCC3)c2N)C(C(=O)NCCc2ccccc2)c2ccc(F)cc2)cc1C. The van der Waals surface area contributed by atoms with Crippen molar-refractivity contribution in [2.24, 2.45) is 0 Å². The Morgan fingerprint density at radius 1 is 0.978 bits per heavy atom. The fourth-order valence-electron chi connectivity index (χ4n) is 5.62. The molecule has 1 fully saturated rings. The predicted octanol–water partition coefficient (Wildman–Crippen LogP) is 6.29. The Kier molecular flexibility index (Phi) is 10.2. The van der Waals surface area contributed by atoms with Crippen LogP contribution in [0.4, 0.5) is 15.8 Å². The van der Waals surface area contributed by atoms with Gasteiger partial charge in [0.25, 0.3) is 11.8 Å². The van der Waals surface area contributed by atoms with Crippen LogP contribution in [0.2, 0.25) is 0 Å². The van der Waals surface area contributed by atoms with E-state index in [0.717, 1.165) is 60.3 Å². The highest BCUT2D eigenvalue weighted by atomic mass is 32.1. The molecule has 0 radical (unpaired) electrons. The van der Waals surface area contributed by atoms with E-state index in [2.05, 4.69) is 15.0 Å². The monoisotopic (exact) mass is 627 g/mol. The lowest BCUT2D eigenvalue weighted by atomic mass is 9.95. The van der Waals surface area contributed by atoms with Gasteiger partial charge in [-0.2, -0.15) is 4.37 Å². The van der Waals surface area contributed by atoms with Crippen LogP contribution in [0.5, 0.6) is 0 Å². The van der Waals surface area contributed by atoms with Gasteiger partial charge >= 0.3 is 0 Å². The summed E-state index contributed by atoms with van der Waals surface area (Å²) in [6, 6.07) is 19.6. The molecule has 3 amide bonds. The van der Waals surface area contributed by atoms with E-state index in [0.29, 0.717) is 24.2 Å². The van der Waals surface area contributed by atoms with Crippen molar-refractivity contribution in [2.45, 2.75) is 64.5 Å². The minimum atomic E-state index is -1.17. The van der Waals surface area contributed by atoms with Crippen molar-refractivity contribution < 1.29 is 18.8 Å². The topological polar surface area (TPSA) is 117 Å². The molecule has 3 aromatic carbocycles. The number of nitrogens with zero attached hydrogens (tertiary/aromatic N) is 2. The zero-order chi connectivity index (χ0) is 31.9. The summed E-state index contributed by atoms with van der Waals surface area (Å²) in [4.78, 5) is 43.1. The Morgan fingerprint density at radius 3 is 2.38 bits per heavy atom. The number of carbonyl (C=O) groups excluding carboxylic acids is 3. The Hall–Kier alpha value is -4.57. The molecule has 4 aromatic rings. The van der Waals surface area contributed by atoms with Crippen molar-refractivity contribution in [1.82, 2.24) is 15.0 Å². The number of carbonyl (C=O) groups is 3. The molecule has 1 heterocycles. The van der Waals surface area contributed by atoms with Crippen LogP contribution < -0.4 is 21.3 Å². The normalized spacial score (nSPS) is 14.0. The quantitative estimate of drug-likeness (QED) is 0.191. The number of rotatable bonds is 10. The van der Waals surface area contributed by atoms with Gasteiger partial charge in [-0.15, -0.1) is 0 Å². The second-order valence-electron chi connectivity index (χ2n) is 11.5. The van der Waals surface area contributed by atoms with Crippen LogP contribution in [0.1, 0.15) is 80.6 Å². The highest BCUT2D eigenvalue weighted by Gasteiger charge is 2.36. The first kappa shape index (κ1) is 31.8. The number of benzene rings is 3. The maximum Gasteiger partial charge on any atom is 0.273 e. The average molecular weight is 628 g/mol. The molecule has 4 N–H and O–H groups in total. The van der Waals surface area contributed by atoms with Crippen LogP contribution in [0, 0.1) is 19.7 Å². The second-order valence-corrected chi connectivity index (χ2v) is 12.3. The van der Waals surface area contributed by atoms with Crippen molar-refractivity contribution in [1.29, 1.82) is 0 Å². The summed E-state index contributed by atoms with van der Waals surface area (Å²) >= 11 is 0.828. The lowest BCUT2D eigenvalue weighted by Crippen LogP contribution is -2.44. The Balaban J connectivity index is 1.51. The van der Waals surface area contributed by atoms with Crippen LogP contribution in [-0.4, -0.2) is 34.7 Å².